The average molecular weight is 580 g/mol. The Morgan fingerprint density at radius 3 is 2.50 bits per heavy atom. The zero-order valence-electron chi connectivity index (χ0n) is 23.1. The van der Waals surface area contributed by atoms with Crippen LogP contribution in [0.4, 0.5) is 0 Å². The summed E-state index contributed by atoms with van der Waals surface area (Å²) >= 11 is 6.42. The maximum atomic E-state index is 13.8. The summed E-state index contributed by atoms with van der Waals surface area (Å²) in [5.74, 6) is 2.09. The van der Waals surface area contributed by atoms with Gasteiger partial charge in [-0.1, -0.05) is 59.6 Å². The number of hydrogen-bond acceptors (Lipinski definition) is 7. The monoisotopic (exact) mass is 579 g/mol. The van der Waals surface area contributed by atoms with Crippen molar-refractivity contribution in [3.05, 3.63) is 117 Å². The fourth-order valence-electron chi connectivity index (χ4n) is 4.66. The highest BCUT2D eigenvalue weighted by Crippen LogP contribution is 2.35. The van der Waals surface area contributed by atoms with E-state index in [1.54, 1.807) is 43.5 Å². The Morgan fingerprint density at radius 1 is 0.929 bits per heavy atom. The van der Waals surface area contributed by atoms with Crippen molar-refractivity contribution < 1.29 is 18.6 Å². The third-order valence-corrected chi connectivity index (χ3v) is 7.02. The molecule has 0 amide bonds. The molecule has 9 heteroatoms. The first kappa shape index (κ1) is 27.1. The predicted molar refractivity (Wildman–Crippen MR) is 164 cm³/mol. The van der Waals surface area contributed by atoms with E-state index in [9.17, 15) is 4.79 Å². The van der Waals surface area contributed by atoms with E-state index < -0.39 is 0 Å². The number of para-hydroxylation sites is 1. The highest BCUT2D eigenvalue weighted by Gasteiger charge is 2.19. The lowest BCUT2D eigenvalue weighted by molar-refractivity contribution is 0.284. The minimum Gasteiger partial charge on any atom is -0.496 e. The molecule has 210 valence electrons. The fourth-order valence-corrected chi connectivity index (χ4v) is 4.88. The lowest BCUT2D eigenvalue weighted by Crippen LogP contribution is -2.20. The summed E-state index contributed by atoms with van der Waals surface area (Å²) in [5.41, 5.74) is 3.40. The molecule has 42 heavy (non-hydrogen) atoms. The van der Waals surface area contributed by atoms with E-state index in [4.69, 9.17) is 35.2 Å². The van der Waals surface area contributed by atoms with Gasteiger partial charge in [0.15, 0.2) is 17.3 Å². The highest BCUT2D eigenvalue weighted by molar-refractivity contribution is 6.31. The van der Waals surface area contributed by atoms with Gasteiger partial charge in [0.2, 0.25) is 5.82 Å². The van der Waals surface area contributed by atoms with Gasteiger partial charge in [-0.15, -0.1) is 0 Å². The predicted octanol–water partition coefficient (Wildman–Crippen LogP) is 7.25. The highest BCUT2D eigenvalue weighted by atomic mass is 35.5. The Bertz CT molecular complexity index is 2010. The van der Waals surface area contributed by atoms with Crippen LogP contribution in [0.2, 0.25) is 5.02 Å². The molecule has 0 radical (unpaired) electrons. The molecule has 0 fully saturated rings. The number of halogens is 1. The van der Waals surface area contributed by atoms with E-state index in [1.807, 2.05) is 55.5 Å². The second kappa shape index (κ2) is 11.4. The number of rotatable bonds is 8. The standard InChI is InChI=1S/C33H26ClN3O5/c1-20-11-13-21(14-12-20)19-41-31-22(15-23(34)16-29(31)40-3)18-35-37-32(36-26-8-5-4-7-24(26)33(37)38)30-17-25-27(39-2)9-6-10-28(25)42-30/h4-18H,19H2,1-3H3. The Hall–Kier alpha value is -5.08. The Morgan fingerprint density at radius 2 is 1.71 bits per heavy atom. The second-order valence-electron chi connectivity index (χ2n) is 9.60. The number of fused-ring (bicyclic) bond motifs is 2. The number of methoxy groups -OCH3 is 2. The molecule has 0 spiro atoms. The van der Waals surface area contributed by atoms with Gasteiger partial charge in [0, 0.05) is 16.7 Å². The molecule has 2 aromatic heterocycles. The maximum Gasteiger partial charge on any atom is 0.282 e. The van der Waals surface area contributed by atoms with E-state index in [2.05, 4.69) is 5.10 Å². The number of ether oxygens (including phenoxy) is 3. The van der Waals surface area contributed by atoms with Crippen molar-refractivity contribution in [2.24, 2.45) is 5.10 Å². The van der Waals surface area contributed by atoms with Crippen molar-refractivity contribution in [2.45, 2.75) is 13.5 Å². The van der Waals surface area contributed by atoms with Crippen LogP contribution in [0.15, 0.2) is 99.2 Å². The van der Waals surface area contributed by atoms with Crippen LogP contribution in [0.5, 0.6) is 17.2 Å². The molecule has 2 heterocycles. The maximum absolute atomic E-state index is 13.8. The molecule has 4 aromatic carbocycles. The van der Waals surface area contributed by atoms with Gasteiger partial charge in [0.25, 0.3) is 5.56 Å². The van der Waals surface area contributed by atoms with Crippen LogP contribution in [0.25, 0.3) is 33.5 Å². The minimum absolute atomic E-state index is 0.226. The molecule has 0 atom stereocenters. The van der Waals surface area contributed by atoms with E-state index in [-0.39, 0.29) is 11.4 Å². The normalized spacial score (nSPS) is 11.4. The zero-order valence-corrected chi connectivity index (χ0v) is 23.9. The molecule has 0 aliphatic rings. The lowest BCUT2D eigenvalue weighted by Gasteiger charge is -2.14. The van der Waals surface area contributed by atoms with Gasteiger partial charge in [0.05, 0.1) is 36.7 Å². The van der Waals surface area contributed by atoms with Crippen LogP contribution >= 0.6 is 11.6 Å². The largest absolute Gasteiger partial charge is 0.496 e. The van der Waals surface area contributed by atoms with Crippen molar-refractivity contribution in [1.82, 2.24) is 9.66 Å². The Kier molecular flexibility index (Phi) is 7.37. The molecule has 8 nitrogen and oxygen atoms in total. The van der Waals surface area contributed by atoms with E-state index in [0.717, 1.165) is 16.5 Å². The SMILES string of the molecule is COc1cc(Cl)cc(C=Nn2c(-c3cc4c(OC)cccc4o3)nc3ccccc3c2=O)c1OCc1ccc(C)cc1. The lowest BCUT2D eigenvalue weighted by atomic mass is 10.1. The zero-order chi connectivity index (χ0) is 29.2. The minimum atomic E-state index is -0.365. The summed E-state index contributed by atoms with van der Waals surface area (Å²) in [6.07, 6.45) is 1.50. The summed E-state index contributed by atoms with van der Waals surface area (Å²) in [4.78, 5) is 18.5. The van der Waals surface area contributed by atoms with Gasteiger partial charge in [-0.25, -0.2) is 4.98 Å². The van der Waals surface area contributed by atoms with Crippen molar-refractivity contribution >= 4 is 39.7 Å². The van der Waals surface area contributed by atoms with Gasteiger partial charge in [-0.2, -0.15) is 9.78 Å². The molecular weight excluding hydrogens is 554 g/mol. The van der Waals surface area contributed by atoms with Crippen LogP contribution in [-0.4, -0.2) is 30.1 Å². The van der Waals surface area contributed by atoms with Crippen LogP contribution < -0.4 is 19.8 Å². The third-order valence-electron chi connectivity index (χ3n) is 6.80. The van der Waals surface area contributed by atoms with Crippen molar-refractivity contribution in [2.75, 3.05) is 14.2 Å². The first-order chi connectivity index (χ1) is 20.4. The summed E-state index contributed by atoms with van der Waals surface area (Å²) in [5, 5.41) is 6.17. The third kappa shape index (κ3) is 5.20. The van der Waals surface area contributed by atoms with E-state index in [1.165, 1.54) is 18.0 Å². The van der Waals surface area contributed by atoms with Crippen LogP contribution in [0, 0.1) is 6.92 Å². The number of aromatic nitrogens is 2. The summed E-state index contributed by atoms with van der Waals surface area (Å²) in [7, 11) is 3.13. The second-order valence-corrected chi connectivity index (χ2v) is 10.0. The number of aryl methyl sites for hydroxylation is 1. The molecule has 0 N–H and O–H groups in total. The van der Waals surface area contributed by atoms with E-state index in [0.29, 0.717) is 56.7 Å². The molecule has 0 saturated carbocycles. The molecule has 0 aliphatic heterocycles. The fraction of sp³-hybridized carbons (Fsp3) is 0.121. The van der Waals surface area contributed by atoms with E-state index >= 15 is 0 Å². The van der Waals surface area contributed by atoms with Gasteiger partial charge < -0.3 is 18.6 Å². The molecular formula is C33H26ClN3O5. The molecule has 6 rings (SSSR count). The number of benzene rings is 4. The Balaban J connectivity index is 1.48. The van der Waals surface area contributed by atoms with Gasteiger partial charge >= 0.3 is 0 Å². The molecule has 6 aromatic rings. The van der Waals surface area contributed by atoms with Crippen molar-refractivity contribution in [3.63, 3.8) is 0 Å². The molecule has 0 saturated heterocycles. The van der Waals surface area contributed by atoms with Gasteiger partial charge in [-0.05, 0) is 48.9 Å². The first-order valence-electron chi connectivity index (χ1n) is 13.1. The summed E-state index contributed by atoms with van der Waals surface area (Å²) in [6, 6.07) is 25.8. The number of hydrogen-bond donors (Lipinski definition) is 0. The van der Waals surface area contributed by atoms with Crippen molar-refractivity contribution in [3.8, 4) is 28.8 Å². The quantitative estimate of drug-likeness (QED) is 0.176. The van der Waals surface area contributed by atoms with Gasteiger partial charge in [0.1, 0.15) is 17.9 Å². The molecule has 0 aliphatic carbocycles. The summed E-state index contributed by atoms with van der Waals surface area (Å²) < 4.78 is 24.6. The average Bonchev–Trinajstić information content (AvgIpc) is 3.45. The van der Waals surface area contributed by atoms with Crippen molar-refractivity contribution in [1.29, 1.82) is 0 Å². The smallest absolute Gasteiger partial charge is 0.282 e. The molecule has 0 unspecified atom stereocenters. The summed E-state index contributed by atoms with van der Waals surface area (Å²) in [6.45, 7) is 2.32. The first-order valence-corrected chi connectivity index (χ1v) is 13.5. The molecule has 0 bridgehead atoms. The number of furan rings is 1. The van der Waals surface area contributed by atoms with Gasteiger partial charge in [-0.3, -0.25) is 4.79 Å². The van der Waals surface area contributed by atoms with Crippen LogP contribution in [0.1, 0.15) is 16.7 Å². The van der Waals surface area contributed by atoms with Crippen LogP contribution in [-0.2, 0) is 6.61 Å². The topological polar surface area (TPSA) is 88.1 Å². The Labute approximate surface area is 246 Å². The number of nitrogens with zero attached hydrogens (tertiary/aromatic N) is 3. The van der Waals surface area contributed by atoms with Crippen LogP contribution in [0.3, 0.4) is 0 Å².